The van der Waals surface area contributed by atoms with E-state index in [4.69, 9.17) is 0 Å². The number of hydrogen-bond donors (Lipinski definition) is 1. The Bertz CT molecular complexity index is 222. The van der Waals surface area contributed by atoms with E-state index in [0.717, 1.165) is 11.7 Å². The summed E-state index contributed by atoms with van der Waals surface area (Å²) in [6, 6.07) is 0. The van der Waals surface area contributed by atoms with Crippen LogP contribution in [0.3, 0.4) is 0 Å². The lowest BCUT2D eigenvalue weighted by Gasteiger charge is -1.88. The van der Waals surface area contributed by atoms with Crippen molar-refractivity contribution >= 4 is 15.6 Å². The third-order valence-electron chi connectivity index (χ3n) is 1.51. The Hall–Kier alpha value is -0.283. The fourth-order valence-corrected chi connectivity index (χ4v) is 1.36. The Kier molecular flexibility index (Phi) is 4.45. The number of H-pyrrole nitrogens is 1. The van der Waals surface area contributed by atoms with Crippen molar-refractivity contribution in [3.8, 4) is 0 Å². The van der Waals surface area contributed by atoms with Crippen LogP contribution >= 0.6 is 0 Å². The van der Waals surface area contributed by atoms with Crippen LogP contribution in [0.2, 0.25) is 0 Å². The highest BCUT2D eigenvalue weighted by Crippen LogP contribution is 1.88. The number of nitrogens with one attached hydrogen (secondary N) is 1. The summed E-state index contributed by atoms with van der Waals surface area (Å²) in [6.45, 7) is 2.17. The van der Waals surface area contributed by atoms with Gasteiger partial charge in [0.15, 0.2) is 0 Å². The molecule has 3 radical (unpaired) electrons. The molecule has 0 saturated heterocycles. The average Bonchev–Trinajstić information content (AvgIpc) is 2.13. The topological polar surface area (TPSA) is 19.7 Å². The van der Waals surface area contributed by atoms with Gasteiger partial charge in [0, 0.05) is 6.42 Å². The summed E-state index contributed by atoms with van der Waals surface area (Å²) in [4.78, 5) is 3.22. The maximum atomic E-state index is 3.42. The molecule has 4 heteroatoms. The predicted molar refractivity (Wildman–Crippen MR) is 41.4 cm³/mol. The second kappa shape index (κ2) is 4.57. The van der Waals surface area contributed by atoms with E-state index in [1.165, 1.54) is 12.2 Å². The minimum atomic E-state index is 0. The van der Waals surface area contributed by atoms with E-state index in [1.54, 1.807) is 0 Å². The maximum absolute atomic E-state index is 3.42. The third-order valence-corrected chi connectivity index (χ3v) is 1.77. The first-order chi connectivity index (χ1) is 4.74. The van der Waals surface area contributed by atoms with Crippen molar-refractivity contribution < 1.29 is 17.0 Å². The molecular formula is C7H12ClN2Si. The van der Waals surface area contributed by atoms with Crippen molar-refractivity contribution in [2.45, 2.75) is 19.8 Å². The molecule has 0 aromatic carbocycles. The SMILES string of the molecule is CCCc1[nH]c([Si])c[n+]1C.[Cl-]. The van der Waals surface area contributed by atoms with Gasteiger partial charge in [0.1, 0.15) is 21.8 Å². The first-order valence-electron chi connectivity index (χ1n) is 3.53. The standard InChI is InChI=1S/C7H11N2Si.ClH/c1-3-4-6-8-7(10)5-9(6)2;/h5H,3-4H2,1-2H3;1H. The van der Waals surface area contributed by atoms with E-state index in [1.807, 2.05) is 13.2 Å². The number of imidazole rings is 1. The second-order valence-corrected chi connectivity index (χ2v) is 3.01. The highest BCUT2D eigenvalue weighted by atomic mass is 35.5. The summed E-state index contributed by atoms with van der Waals surface area (Å²) in [7, 11) is 5.47. The number of rotatable bonds is 2. The fourth-order valence-electron chi connectivity index (χ4n) is 1.02. The van der Waals surface area contributed by atoms with Gasteiger partial charge < -0.3 is 12.4 Å². The van der Waals surface area contributed by atoms with Crippen molar-refractivity contribution in [1.82, 2.24) is 4.98 Å². The van der Waals surface area contributed by atoms with Crippen LogP contribution in [-0.2, 0) is 13.5 Å². The first kappa shape index (κ1) is 10.7. The molecule has 2 nitrogen and oxygen atoms in total. The maximum Gasteiger partial charge on any atom is 0.253 e. The number of aromatic amines is 1. The van der Waals surface area contributed by atoms with Gasteiger partial charge in [-0.25, -0.2) is 4.57 Å². The number of aryl methyl sites for hydroxylation is 2. The molecule has 1 rings (SSSR count). The number of aromatic nitrogens is 2. The first-order valence-corrected chi connectivity index (χ1v) is 4.03. The lowest BCUT2D eigenvalue weighted by atomic mass is 10.3. The van der Waals surface area contributed by atoms with Crippen LogP contribution in [0, 0.1) is 0 Å². The Labute approximate surface area is 76.9 Å². The van der Waals surface area contributed by atoms with E-state index in [2.05, 4.69) is 26.7 Å². The highest BCUT2D eigenvalue weighted by Gasteiger charge is 2.06. The molecule has 0 amide bonds. The summed E-state index contributed by atoms with van der Waals surface area (Å²) in [5.41, 5.74) is 0. The predicted octanol–water partition coefficient (Wildman–Crippen LogP) is -3.41. The van der Waals surface area contributed by atoms with Crippen LogP contribution in [0.5, 0.6) is 0 Å². The number of hydrogen-bond acceptors (Lipinski definition) is 0. The largest absolute Gasteiger partial charge is 1.00 e. The van der Waals surface area contributed by atoms with Crippen LogP contribution in [0.15, 0.2) is 6.20 Å². The van der Waals surface area contributed by atoms with Crippen molar-refractivity contribution in [2.24, 2.45) is 7.05 Å². The zero-order valence-electron chi connectivity index (χ0n) is 6.82. The van der Waals surface area contributed by atoms with Gasteiger partial charge in [-0.05, 0) is 6.42 Å². The van der Waals surface area contributed by atoms with Gasteiger partial charge in [0.05, 0.1) is 7.05 Å². The van der Waals surface area contributed by atoms with Crippen molar-refractivity contribution in [2.75, 3.05) is 0 Å². The average molecular weight is 188 g/mol. The molecule has 0 aliphatic carbocycles. The zero-order chi connectivity index (χ0) is 7.56. The van der Waals surface area contributed by atoms with Crippen LogP contribution < -0.4 is 22.3 Å². The molecule has 1 aromatic rings. The summed E-state index contributed by atoms with van der Waals surface area (Å²) in [5, 5.41) is 1.05. The summed E-state index contributed by atoms with van der Waals surface area (Å²) in [6.07, 6.45) is 4.32. The van der Waals surface area contributed by atoms with Gasteiger partial charge in [0.25, 0.3) is 5.82 Å². The molecule has 1 heterocycles. The molecule has 0 aliphatic rings. The number of halogens is 1. The Morgan fingerprint density at radius 2 is 2.27 bits per heavy atom. The van der Waals surface area contributed by atoms with Gasteiger partial charge in [-0.3, -0.25) is 4.98 Å². The molecule has 0 bridgehead atoms. The molecule has 1 N–H and O–H groups in total. The molecule has 0 atom stereocenters. The molecule has 0 saturated carbocycles. The van der Waals surface area contributed by atoms with E-state index < -0.39 is 0 Å². The lowest BCUT2D eigenvalue weighted by molar-refractivity contribution is -0.677. The lowest BCUT2D eigenvalue weighted by Crippen LogP contribution is -3.00. The third kappa shape index (κ3) is 2.67. The second-order valence-electron chi connectivity index (χ2n) is 2.48. The molecule has 0 fully saturated rings. The van der Waals surface area contributed by atoms with Crippen LogP contribution in [-0.4, -0.2) is 15.2 Å². The number of nitrogens with zero attached hydrogens (tertiary/aromatic N) is 1. The molecule has 0 aliphatic heterocycles. The van der Waals surface area contributed by atoms with E-state index >= 15 is 0 Å². The minimum absolute atomic E-state index is 0. The quantitative estimate of drug-likeness (QED) is 0.368. The van der Waals surface area contributed by atoms with Crippen LogP contribution in [0.4, 0.5) is 0 Å². The Morgan fingerprint density at radius 3 is 2.64 bits per heavy atom. The Morgan fingerprint density at radius 1 is 1.64 bits per heavy atom. The van der Waals surface area contributed by atoms with E-state index in [-0.39, 0.29) is 12.4 Å². The fraction of sp³-hybridized carbons (Fsp3) is 0.571. The molecule has 11 heavy (non-hydrogen) atoms. The smallest absolute Gasteiger partial charge is 0.253 e. The van der Waals surface area contributed by atoms with Gasteiger partial charge in [-0.15, -0.1) is 0 Å². The summed E-state index contributed by atoms with van der Waals surface area (Å²) < 4.78 is 2.10. The van der Waals surface area contributed by atoms with Gasteiger partial charge in [-0.2, -0.15) is 0 Å². The summed E-state index contributed by atoms with van der Waals surface area (Å²) in [5.74, 6) is 1.27. The van der Waals surface area contributed by atoms with E-state index in [9.17, 15) is 0 Å². The Balaban J connectivity index is 0.000001000. The van der Waals surface area contributed by atoms with Crippen LogP contribution in [0.25, 0.3) is 0 Å². The van der Waals surface area contributed by atoms with Crippen molar-refractivity contribution in [1.29, 1.82) is 0 Å². The van der Waals surface area contributed by atoms with Gasteiger partial charge in [-0.1, -0.05) is 6.92 Å². The van der Waals surface area contributed by atoms with E-state index in [0.29, 0.717) is 0 Å². The van der Waals surface area contributed by atoms with Gasteiger partial charge in [0.2, 0.25) is 0 Å². The molecule has 61 valence electrons. The molecular weight excluding hydrogens is 176 g/mol. The zero-order valence-corrected chi connectivity index (χ0v) is 8.57. The van der Waals surface area contributed by atoms with Gasteiger partial charge >= 0.3 is 0 Å². The molecule has 1 aromatic heterocycles. The monoisotopic (exact) mass is 187 g/mol. The molecule has 0 unspecified atom stereocenters. The van der Waals surface area contributed by atoms with Crippen molar-refractivity contribution in [3.63, 3.8) is 0 Å². The molecule has 0 spiro atoms. The van der Waals surface area contributed by atoms with Crippen LogP contribution in [0.1, 0.15) is 19.2 Å². The minimum Gasteiger partial charge on any atom is -1.00 e. The summed E-state index contributed by atoms with van der Waals surface area (Å²) >= 11 is 0. The highest BCUT2D eigenvalue weighted by molar-refractivity contribution is 6.30. The normalized spacial score (nSPS) is 9.36. The van der Waals surface area contributed by atoms with Crippen molar-refractivity contribution in [3.05, 3.63) is 12.0 Å².